The highest BCUT2D eigenvalue weighted by atomic mass is 16.3. The van der Waals surface area contributed by atoms with Crippen molar-refractivity contribution in [2.45, 2.75) is 72.3 Å². The Morgan fingerprint density at radius 1 is 1.29 bits per heavy atom. The molecule has 2 N–H and O–H groups in total. The summed E-state index contributed by atoms with van der Waals surface area (Å²) in [6.45, 7) is 12.2. The van der Waals surface area contributed by atoms with E-state index in [1.54, 1.807) is 15.9 Å². The molecule has 1 fully saturated rings. The van der Waals surface area contributed by atoms with Gasteiger partial charge in [-0.15, -0.1) is 0 Å². The van der Waals surface area contributed by atoms with Crippen molar-refractivity contribution >= 4 is 11.8 Å². The van der Waals surface area contributed by atoms with E-state index in [1.807, 2.05) is 20.8 Å². The van der Waals surface area contributed by atoms with Crippen LogP contribution in [0.4, 0.5) is 0 Å². The molecule has 2 atom stereocenters. The zero-order chi connectivity index (χ0) is 20.5. The normalized spacial score (nSPS) is 19.4. The van der Waals surface area contributed by atoms with Gasteiger partial charge in [-0.05, 0) is 52.5 Å². The van der Waals surface area contributed by atoms with Gasteiger partial charge < -0.3 is 19.5 Å². The first-order valence-electron chi connectivity index (χ1n) is 10.9. The summed E-state index contributed by atoms with van der Waals surface area (Å²) in [4.78, 5) is 28.4. The minimum atomic E-state index is -0.0494. The predicted molar refractivity (Wildman–Crippen MR) is 111 cm³/mol. The summed E-state index contributed by atoms with van der Waals surface area (Å²) in [7, 11) is 0. The van der Waals surface area contributed by atoms with Gasteiger partial charge in [-0.3, -0.25) is 9.59 Å². The molecule has 158 valence electrons. The second-order valence-electron chi connectivity index (χ2n) is 8.13. The highest BCUT2D eigenvalue weighted by Gasteiger charge is 2.22. The van der Waals surface area contributed by atoms with Crippen LogP contribution in [-0.4, -0.2) is 55.5 Å². The lowest BCUT2D eigenvalue weighted by Gasteiger charge is -2.30. The van der Waals surface area contributed by atoms with Crippen molar-refractivity contribution in [1.82, 2.24) is 10.2 Å². The van der Waals surface area contributed by atoms with Crippen molar-refractivity contribution in [2.24, 2.45) is 0 Å². The molecule has 6 nitrogen and oxygen atoms in total. The van der Waals surface area contributed by atoms with Crippen molar-refractivity contribution in [1.29, 1.82) is 0 Å². The number of hydrogen-bond donors (Lipinski definition) is 2. The smallest absolute Gasteiger partial charge is 0.257 e. The van der Waals surface area contributed by atoms with Crippen molar-refractivity contribution in [2.75, 3.05) is 32.7 Å². The quantitative estimate of drug-likeness (QED) is 0.599. The molecule has 0 aromatic carbocycles. The number of furan rings is 1. The summed E-state index contributed by atoms with van der Waals surface area (Å²) < 4.78 is 5.48. The largest absolute Gasteiger partial charge is 0.466 e. The standard InChI is InChI=1S/C22H37N3O3/c1-5-12-25(22(27)20-16-18(3)28-19(20)4)15-10-21(26)23-11-8-14-24-13-7-6-9-17(24)2/h16-17H,5-15H2,1-4H3,(H,23,26)/p+1/t17-/m0/s1. The van der Waals surface area contributed by atoms with Crippen LogP contribution in [0, 0.1) is 13.8 Å². The molecule has 6 heteroatoms. The van der Waals surface area contributed by atoms with Gasteiger partial charge in [-0.1, -0.05) is 6.92 Å². The molecule has 1 aliphatic heterocycles. The van der Waals surface area contributed by atoms with E-state index in [-0.39, 0.29) is 11.8 Å². The minimum Gasteiger partial charge on any atom is -0.466 e. The number of nitrogens with one attached hydrogen (secondary N) is 2. The zero-order valence-electron chi connectivity index (χ0n) is 18.1. The van der Waals surface area contributed by atoms with Gasteiger partial charge >= 0.3 is 0 Å². The molecular weight excluding hydrogens is 354 g/mol. The Morgan fingerprint density at radius 2 is 2.07 bits per heavy atom. The Labute approximate surface area is 169 Å². The number of amides is 2. The van der Waals surface area contributed by atoms with Gasteiger partial charge in [0, 0.05) is 32.5 Å². The van der Waals surface area contributed by atoms with E-state index in [4.69, 9.17) is 4.42 Å². The van der Waals surface area contributed by atoms with E-state index in [0.29, 0.717) is 30.8 Å². The van der Waals surface area contributed by atoms with Crippen LogP contribution in [0.15, 0.2) is 10.5 Å². The SMILES string of the molecule is CCCN(CCC(=O)NCCC[NH+]1CCCC[C@@H]1C)C(=O)c1cc(C)oc1C. The van der Waals surface area contributed by atoms with E-state index in [1.165, 1.54) is 25.8 Å². The monoisotopic (exact) mass is 392 g/mol. The molecule has 2 rings (SSSR count). The van der Waals surface area contributed by atoms with Crippen molar-refractivity contribution in [3.63, 3.8) is 0 Å². The summed E-state index contributed by atoms with van der Waals surface area (Å²) in [6.07, 6.45) is 6.21. The molecule has 1 saturated heterocycles. The van der Waals surface area contributed by atoms with Gasteiger partial charge in [-0.25, -0.2) is 0 Å². The molecule has 1 aromatic rings. The number of carbonyl (C=O) groups is 2. The first-order chi connectivity index (χ1) is 13.4. The van der Waals surface area contributed by atoms with Crippen LogP contribution in [0.1, 0.15) is 74.3 Å². The second kappa shape index (κ2) is 11.2. The van der Waals surface area contributed by atoms with E-state index in [9.17, 15) is 9.59 Å². The van der Waals surface area contributed by atoms with Gasteiger partial charge in [0.05, 0.1) is 24.7 Å². The molecule has 0 radical (unpaired) electrons. The molecule has 1 aliphatic rings. The van der Waals surface area contributed by atoms with Gasteiger partial charge in [-0.2, -0.15) is 0 Å². The van der Waals surface area contributed by atoms with Crippen molar-refractivity contribution < 1.29 is 18.9 Å². The minimum absolute atomic E-state index is 0.0238. The van der Waals surface area contributed by atoms with E-state index in [0.717, 1.165) is 37.7 Å². The van der Waals surface area contributed by atoms with Gasteiger partial charge in [0.1, 0.15) is 11.5 Å². The third kappa shape index (κ3) is 6.66. The van der Waals surface area contributed by atoms with Gasteiger partial charge in [0.2, 0.25) is 5.91 Å². The molecule has 2 heterocycles. The Hall–Kier alpha value is -1.82. The van der Waals surface area contributed by atoms with Gasteiger partial charge in [0.25, 0.3) is 5.91 Å². The lowest BCUT2D eigenvalue weighted by atomic mass is 10.0. The number of quaternary nitrogens is 1. The highest BCUT2D eigenvalue weighted by Crippen LogP contribution is 2.16. The van der Waals surface area contributed by atoms with Crippen molar-refractivity contribution in [3.05, 3.63) is 23.2 Å². The lowest BCUT2D eigenvalue weighted by molar-refractivity contribution is -0.928. The van der Waals surface area contributed by atoms with Crippen LogP contribution < -0.4 is 10.2 Å². The molecule has 0 saturated carbocycles. The van der Waals surface area contributed by atoms with Crippen LogP contribution in [0.3, 0.4) is 0 Å². The Balaban J connectivity index is 1.72. The summed E-state index contributed by atoms with van der Waals surface area (Å²) in [5.74, 6) is 1.35. The number of carbonyl (C=O) groups excluding carboxylic acids is 2. The fraction of sp³-hybridized carbons (Fsp3) is 0.727. The van der Waals surface area contributed by atoms with Gasteiger partial charge in [0.15, 0.2) is 0 Å². The third-order valence-corrected chi connectivity index (χ3v) is 5.74. The molecule has 0 aliphatic carbocycles. The fourth-order valence-corrected chi connectivity index (χ4v) is 4.09. The number of aryl methyl sites for hydroxylation is 2. The maximum atomic E-state index is 12.8. The fourth-order valence-electron chi connectivity index (χ4n) is 4.09. The highest BCUT2D eigenvalue weighted by molar-refractivity contribution is 5.95. The van der Waals surface area contributed by atoms with Crippen LogP contribution >= 0.6 is 0 Å². The molecule has 1 aromatic heterocycles. The topological polar surface area (TPSA) is 67.0 Å². The second-order valence-corrected chi connectivity index (χ2v) is 8.13. The summed E-state index contributed by atoms with van der Waals surface area (Å²) in [5, 5.41) is 3.02. The third-order valence-electron chi connectivity index (χ3n) is 5.74. The molecular formula is C22H38N3O3+. The lowest BCUT2D eigenvalue weighted by Crippen LogP contribution is -3.16. The van der Waals surface area contributed by atoms with Crippen LogP contribution in [0.25, 0.3) is 0 Å². The maximum Gasteiger partial charge on any atom is 0.257 e. The number of piperidine rings is 1. The molecule has 0 spiro atoms. The van der Waals surface area contributed by atoms with Crippen LogP contribution in [0.5, 0.6) is 0 Å². The van der Waals surface area contributed by atoms with Crippen LogP contribution in [0.2, 0.25) is 0 Å². The Morgan fingerprint density at radius 3 is 2.71 bits per heavy atom. The number of likely N-dealkylation sites (tertiary alicyclic amines) is 1. The van der Waals surface area contributed by atoms with E-state index >= 15 is 0 Å². The average Bonchev–Trinajstić information content (AvgIpc) is 3.01. The average molecular weight is 393 g/mol. The molecule has 0 bridgehead atoms. The number of nitrogens with zero attached hydrogens (tertiary/aromatic N) is 1. The summed E-state index contributed by atoms with van der Waals surface area (Å²) in [6, 6.07) is 2.53. The Kier molecular flexibility index (Phi) is 9.03. The van der Waals surface area contributed by atoms with Crippen LogP contribution in [-0.2, 0) is 4.79 Å². The number of rotatable bonds is 10. The zero-order valence-corrected chi connectivity index (χ0v) is 18.1. The predicted octanol–water partition coefficient (Wildman–Crippen LogP) is 2.10. The van der Waals surface area contributed by atoms with E-state index < -0.39 is 0 Å². The maximum absolute atomic E-state index is 12.8. The summed E-state index contributed by atoms with van der Waals surface area (Å²) in [5.41, 5.74) is 0.602. The summed E-state index contributed by atoms with van der Waals surface area (Å²) >= 11 is 0. The molecule has 1 unspecified atom stereocenters. The molecule has 28 heavy (non-hydrogen) atoms. The Bertz CT molecular complexity index is 641. The first-order valence-corrected chi connectivity index (χ1v) is 10.9. The number of hydrogen-bond acceptors (Lipinski definition) is 3. The molecule has 2 amide bonds. The van der Waals surface area contributed by atoms with Crippen molar-refractivity contribution in [3.8, 4) is 0 Å². The first kappa shape index (κ1) is 22.5. The van der Waals surface area contributed by atoms with E-state index in [2.05, 4.69) is 12.2 Å².